The molecule has 0 heterocycles. The Kier molecular flexibility index (Phi) is 7.27. The summed E-state index contributed by atoms with van der Waals surface area (Å²) in [4.78, 5) is 36.0. The molecule has 3 rings (SSSR count). The van der Waals surface area contributed by atoms with Gasteiger partial charge in [-0.1, -0.05) is 59.6 Å². The summed E-state index contributed by atoms with van der Waals surface area (Å²) in [6.07, 6.45) is -0.217. The molecule has 3 aromatic rings. The van der Waals surface area contributed by atoms with E-state index in [1.54, 1.807) is 18.2 Å². The van der Waals surface area contributed by atoms with Crippen molar-refractivity contribution in [3.63, 3.8) is 0 Å². The van der Waals surface area contributed by atoms with Crippen molar-refractivity contribution in [1.82, 2.24) is 0 Å². The monoisotopic (exact) mass is 444 g/mol. The number of anilines is 2. The lowest BCUT2D eigenvalue weighted by atomic mass is 10.1. The summed E-state index contributed by atoms with van der Waals surface area (Å²) in [7, 11) is 0. The first-order chi connectivity index (χ1) is 14.4. The van der Waals surface area contributed by atoms with Crippen LogP contribution < -0.4 is 10.6 Å². The normalized spacial score (nSPS) is 10.5. The lowest BCUT2D eigenvalue weighted by Crippen LogP contribution is -2.22. The first kappa shape index (κ1) is 21.6. The average molecular weight is 445 g/mol. The quantitative estimate of drug-likeness (QED) is 0.499. The van der Waals surface area contributed by atoms with Crippen LogP contribution in [-0.4, -0.2) is 24.4 Å². The zero-order valence-corrected chi connectivity index (χ0v) is 17.3. The molecule has 0 radical (unpaired) electrons. The van der Waals surface area contributed by atoms with Crippen molar-refractivity contribution in [2.75, 3.05) is 17.2 Å². The molecule has 2 amide bonds. The van der Waals surface area contributed by atoms with Crippen molar-refractivity contribution in [2.24, 2.45) is 0 Å². The maximum atomic E-state index is 12.2. The zero-order chi connectivity index (χ0) is 21.5. The minimum Gasteiger partial charge on any atom is -0.456 e. The largest absolute Gasteiger partial charge is 0.456 e. The van der Waals surface area contributed by atoms with Gasteiger partial charge < -0.3 is 15.4 Å². The Morgan fingerprint density at radius 2 is 1.53 bits per heavy atom. The van der Waals surface area contributed by atoms with Crippen LogP contribution >= 0.6 is 23.2 Å². The molecule has 154 valence electrons. The number of esters is 1. The first-order valence-corrected chi connectivity index (χ1v) is 9.86. The maximum absolute atomic E-state index is 12.2. The highest BCUT2D eigenvalue weighted by Crippen LogP contribution is 2.25. The van der Waals surface area contributed by atoms with Gasteiger partial charge in [-0.25, -0.2) is 0 Å². The fourth-order valence-electron chi connectivity index (χ4n) is 2.76. The smallest absolute Gasteiger partial charge is 0.306 e. The second-order valence-corrected chi connectivity index (χ2v) is 7.25. The van der Waals surface area contributed by atoms with E-state index in [2.05, 4.69) is 10.6 Å². The van der Waals surface area contributed by atoms with Gasteiger partial charge in [0.05, 0.1) is 17.1 Å². The predicted molar refractivity (Wildman–Crippen MR) is 118 cm³/mol. The molecule has 30 heavy (non-hydrogen) atoms. The van der Waals surface area contributed by atoms with Crippen molar-refractivity contribution >= 4 is 63.1 Å². The SMILES string of the molecule is O=C(COC(=O)CCC(=O)Nc1cccc2ccccc12)Nc1cc(Cl)ccc1Cl. The molecule has 0 aliphatic carbocycles. The molecular formula is C22H18Cl2N2O4. The summed E-state index contributed by atoms with van der Waals surface area (Å²) in [5.74, 6) is -1.54. The van der Waals surface area contributed by atoms with E-state index in [0.29, 0.717) is 21.4 Å². The Bertz CT molecular complexity index is 1100. The standard InChI is InChI=1S/C22H18Cl2N2O4/c23-15-8-9-17(24)19(12-15)26-21(28)13-30-22(29)11-10-20(27)25-18-7-3-5-14-4-1-2-6-16(14)18/h1-9,12H,10-11,13H2,(H,25,27)(H,26,28). The minimum atomic E-state index is -0.657. The molecule has 0 unspecified atom stereocenters. The van der Waals surface area contributed by atoms with E-state index in [-0.39, 0.29) is 18.7 Å². The molecule has 0 bridgehead atoms. The molecular weight excluding hydrogens is 427 g/mol. The Balaban J connectivity index is 1.44. The van der Waals surface area contributed by atoms with Crippen LogP contribution in [0, 0.1) is 0 Å². The number of nitrogens with one attached hydrogen (secondary N) is 2. The van der Waals surface area contributed by atoms with Gasteiger partial charge in [0, 0.05) is 22.5 Å². The lowest BCUT2D eigenvalue weighted by Gasteiger charge is -2.09. The molecule has 0 fully saturated rings. The predicted octanol–water partition coefficient (Wildman–Crippen LogP) is 5.05. The van der Waals surface area contributed by atoms with Crippen LogP contribution in [0.25, 0.3) is 10.8 Å². The van der Waals surface area contributed by atoms with Gasteiger partial charge in [0.1, 0.15) is 0 Å². The van der Waals surface area contributed by atoms with Gasteiger partial charge in [0.15, 0.2) is 6.61 Å². The number of hydrogen-bond donors (Lipinski definition) is 2. The lowest BCUT2D eigenvalue weighted by molar-refractivity contribution is -0.147. The zero-order valence-electron chi connectivity index (χ0n) is 15.8. The number of rotatable bonds is 7. The van der Waals surface area contributed by atoms with Crippen LogP contribution in [0.4, 0.5) is 11.4 Å². The Morgan fingerprint density at radius 1 is 0.800 bits per heavy atom. The molecule has 0 atom stereocenters. The summed E-state index contributed by atoms with van der Waals surface area (Å²) >= 11 is 11.8. The summed E-state index contributed by atoms with van der Waals surface area (Å²) in [5.41, 5.74) is 0.990. The fourth-order valence-corrected chi connectivity index (χ4v) is 3.10. The summed E-state index contributed by atoms with van der Waals surface area (Å²) in [6, 6.07) is 17.9. The van der Waals surface area contributed by atoms with Crippen molar-refractivity contribution < 1.29 is 19.1 Å². The molecule has 0 aliphatic rings. The molecule has 6 nitrogen and oxygen atoms in total. The number of hydrogen-bond acceptors (Lipinski definition) is 4. The van der Waals surface area contributed by atoms with Gasteiger partial charge in [0.2, 0.25) is 5.91 Å². The van der Waals surface area contributed by atoms with Crippen molar-refractivity contribution in [2.45, 2.75) is 12.8 Å². The van der Waals surface area contributed by atoms with Crippen LogP contribution in [0.3, 0.4) is 0 Å². The van der Waals surface area contributed by atoms with Crippen molar-refractivity contribution in [1.29, 1.82) is 0 Å². The molecule has 3 aromatic carbocycles. The number of amides is 2. The molecule has 0 saturated heterocycles. The van der Waals surface area contributed by atoms with Gasteiger partial charge in [-0.05, 0) is 29.7 Å². The second-order valence-electron chi connectivity index (χ2n) is 6.41. The summed E-state index contributed by atoms with van der Waals surface area (Å²) in [5, 5.41) is 7.93. The number of benzene rings is 3. The van der Waals surface area contributed by atoms with E-state index >= 15 is 0 Å². The maximum Gasteiger partial charge on any atom is 0.306 e. The van der Waals surface area contributed by atoms with Crippen molar-refractivity contribution in [3.8, 4) is 0 Å². The summed E-state index contributed by atoms with van der Waals surface area (Å²) < 4.78 is 4.91. The number of halogens is 2. The topological polar surface area (TPSA) is 84.5 Å². The fraction of sp³-hybridized carbons (Fsp3) is 0.136. The number of fused-ring (bicyclic) bond motifs is 1. The third-order valence-corrected chi connectivity index (χ3v) is 4.75. The average Bonchev–Trinajstić information content (AvgIpc) is 2.73. The number of ether oxygens (including phenoxy) is 1. The van der Waals surface area contributed by atoms with E-state index in [1.165, 1.54) is 6.07 Å². The summed E-state index contributed by atoms with van der Waals surface area (Å²) in [6.45, 7) is -0.493. The van der Waals surface area contributed by atoms with E-state index in [9.17, 15) is 14.4 Å². The van der Waals surface area contributed by atoms with Crippen LogP contribution in [0.5, 0.6) is 0 Å². The third kappa shape index (κ3) is 5.95. The van der Waals surface area contributed by atoms with Crippen LogP contribution in [0.15, 0.2) is 60.7 Å². The highest BCUT2D eigenvalue weighted by atomic mass is 35.5. The Hall–Kier alpha value is -3.09. The van der Waals surface area contributed by atoms with Gasteiger partial charge in [0.25, 0.3) is 5.91 Å². The van der Waals surface area contributed by atoms with E-state index < -0.39 is 18.5 Å². The number of carbonyl (C=O) groups excluding carboxylic acids is 3. The van der Waals surface area contributed by atoms with Gasteiger partial charge in [-0.3, -0.25) is 14.4 Å². The molecule has 2 N–H and O–H groups in total. The molecule has 0 saturated carbocycles. The first-order valence-electron chi connectivity index (χ1n) is 9.10. The molecule has 0 spiro atoms. The van der Waals surface area contributed by atoms with E-state index in [4.69, 9.17) is 27.9 Å². The van der Waals surface area contributed by atoms with Crippen LogP contribution in [0.2, 0.25) is 10.0 Å². The highest BCUT2D eigenvalue weighted by molar-refractivity contribution is 6.35. The molecule has 8 heteroatoms. The van der Waals surface area contributed by atoms with Crippen molar-refractivity contribution in [3.05, 3.63) is 70.7 Å². The molecule has 0 aliphatic heterocycles. The minimum absolute atomic E-state index is 0.0657. The second kappa shape index (κ2) is 10.1. The molecule has 0 aromatic heterocycles. The van der Waals surface area contributed by atoms with Gasteiger partial charge in [-0.2, -0.15) is 0 Å². The van der Waals surface area contributed by atoms with E-state index in [1.807, 2.05) is 36.4 Å². The number of carbonyl (C=O) groups is 3. The van der Waals surface area contributed by atoms with Gasteiger partial charge in [-0.15, -0.1) is 0 Å². The Morgan fingerprint density at radius 3 is 2.37 bits per heavy atom. The highest BCUT2D eigenvalue weighted by Gasteiger charge is 2.13. The van der Waals surface area contributed by atoms with Crippen LogP contribution in [0.1, 0.15) is 12.8 Å². The third-order valence-electron chi connectivity index (χ3n) is 4.19. The van der Waals surface area contributed by atoms with Gasteiger partial charge >= 0.3 is 5.97 Å². The van der Waals surface area contributed by atoms with E-state index in [0.717, 1.165) is 10.8 Å². The van der Waals surface area contributed by atoms with Crippen LogP contribution in [-0.2, 0) is 19.1 Å². The Labute approximate surface area is 183 Å².